The van der Waals surface area contributed by atoms with E-state index in [4.69, 9.17) is 4.99 Å². The van der Waals surface area contributed by atoms with Crippen molar-refractivity contribution in [2.24, 2.45) is 16.8 Å². The zero-order valence-electron chi connectivity index (χ0n) is 26.9. The van der Waals surface area contributed by atoms with Crippen molar-refractivity contribution in [3.8, 4) is 0 Å². The molecule has 1 saturated carbocycles. The molecule has 2 amide bonds. The van der Waals surface area contributed by atoms with Crippen LogP contribution in [0.3, 0.4) is 0 Å². The lowest BCUT2D eigenvalue weighted by Gasteiger charge is -2.36. The highest BCUT2D eigenvalue weighted by Gasteiger charge is 2.48. The molecule has 2 N–H and O–H groups in total. The largest absolute Gasteiger partial charge is 0.389 e. The number of carbonyl (C=O) groups excluding carboxylic acids is 2. The first-order chi connectivity index (χ1) is 22.0. The van der Waals surface area contributed by atoms with E-state index in [1.165, 1.54) is 10.4 Å². The fraction of sp³-hybridized carbons (Fsp3) is 0.667. The fourth-order valence-electron chi connectivity index (χ4n) is 7.32. The van der Waals surface area contributed by atoms with Gasteiger partial charge in [-0.1, -0.05) is 0 Å². The second kappa shape index (κ2) is 13.6. The van der Waals surface area contributed by atoms with E-state index in [0.29, 0.717) is 53.8 Å². The Morgan fingerprint density at radius 1 is 1.04 bits per heavy atom. The highest BCUT2D eigenvalue weighted by molar-refractivity contribution is 7.92. The summed E-state index contributed by atoms with van der Waals surface area (Å²) < 4.78 is 78.9. The van der Waals surface area contributed by atoms with Crippen molar-refractivity contribution in [3.63, 3.8) is 0 Å². The number of rotatable bonds is 8. The van der Waals surface area contributed by atoms with Gasteiger partial charge in [0.2, 0.25) is 10.0 Å². The fourth-order valence-corrected chi connectivity index (χ4v) is 8.49. The normalized spacial score (nSPS) is 25.3. The Bertz CT molecular complexity index is 1500. The molecule has 1 spiro atoms. The van der Waals surface area contributed by atoms with E-state index in [-0.39, 0.29) is 81.9 Å². The maximum absolute atomic E-state index is 13.3. The lowest BCUT2D eigenvalue weighted by molar-refractivity contribution is -0.138. The third-order valence-corrected chi connectivity index (χ3v) is 12.0. The molecule has 0 bridgehead atoms. The van der Waals surface area contributed by atoms with Crippen molar-refractivity contribution in [2.45, 2.75) is 95.4 Å². The molecule has 1 aromatic rings. The van der Waals surface area contributed by atoms with Crippen LogP contribution >= 0.6 is 0 Å². The molecule has 3 aliphatic heterocycles. The third-order valence-electron chi connectivity index (χ3n) is 10.5. The van der Waals surface area contributed by atoms with E-state index in [0.717, 1.165) is 5.41 Å². The molecule has 4 aliphatic rings. The van der Waals surface area contributed by atoms with E-state index in [1.54, 1.807) is 30.9 Å². The smallest absolute Gasteiger partial charge is 0.387 e. The number of nitrogens with zero attached hydrogens (tertiary/aromatic N) is 3. The van der Waals surface area contributed by atoms with Gasteiger partial charge in [-0.2, -0.15) is 17.5 Å². The number of nitrogens with one attached hydrogen (secondary N) is 1. The van der Waals surface area contributed by atoms with Crippen molar-refractivity contribution >= 4 is 33.7 Å². The van der Waals surface area contributed by atoms with Gasteiger partial charge in [0.15, 0.2) is 0 Å². The number of aliphatic imine (C=N–C) groups is 1. The van der Waals surface area contributed by atoms with Crippen molar-refractivity contribution < 1.29 is 40.7 Å². The van der Waals surface area contributed by atoms with Crippen LogP contribution in [0.1, 0.15) is 91.3 Å². The van der Waals surface area contributed by atoms with Crippen molar-refractivity contribution in [2.75, 3.05) is 32.9 Å². The maximum Gasteiger partial charge on any atom is 0.389 e. The second-order valence-corrected chi connectivity index (χ2v) is 15.6. The van der Waals surface area contributed by atoms with Crippen LogP contribution in [0.25, 0.3) is 6.08 Å². The lowest BCUT2D eigenvalue weighted by Crippen LogP contribution is -2.50. The Kier molecular flexibility index (Phi) is 10.2. The molecule has 2 saturated heterocycles. The van der Waals surface area contributed by atoms with Crippen LogP contribution in [0, 0.1) is 25.7 Å². The summed E-state index contributed by atoms with van der Waals surface area (Å²) in [5, 5.41) is 14.2. The van der Waals surface area contributed by atoms with Gasteiger partial charge in [0.25, 0.3) is 11.8 Å². The average molecular weight is 685 g/mol. The summed E-state index contributed by atoms with van der Waals surface area (Å²) in [5.74, 6) is 0.108. The Balaban J connectivity index is 1.17. The molecule has 260 valence electrons. The lowest BCUT2D eigenvalue weighted by atomic mass is 9.79. The van der Waals surface area contributed by atoms with Crippen LogP contribution in [0.4, 0.5) is 17.6 Å². The minimum absolute atomic E-state index is 0.0143. The predicted molar refractivity (Wildman–Crippen MR) is 170 cm³/mol. The monoisotopic (exact) mass is 684 g/mol. The number of sulfonamides is 1. The molecule has 14 heteroatoms. The first kappa shape index (κ1) is 35.5. The molecule has 0 atom stereocenters. The van der Waals surface area contributed by atoms with E-state index in [2.05, 4.69) is 5.32 Å². The quantitative estimate of drug-likeness (QED) is 0.372. The molecule has 5 rings (SSSR count). The predicted octanol–water partition coefficient (Wildman–Crippen LogP) is 5.05. The summed E-state index contributed by atoms with van der Waals surface area (Å²) in [6.45, 7) is 3.46. The van der Waals surface area contributed by atoms with Crippen LogP contribution in [0.2, 0.25) is 0 Å². The zero-order valence-corrected chi connectivity index (χ0v) is 27.7. The maximum atomic E-state index is 13.3. The number of hydrogen-bond acceptors (Lipinski definition) is 6. The number of halogens is 4. The molecule has 9 nitrogen and oxygen atoms in total. The summed E-state index contributed by atoms with van der Waals surface area (Å²) >= 11 is 0. The number of aliphatic hydroxyl groups is 1. The molecular weight excluding hydrogens is 640 g/mol. The number of likely N-dealkylation sites (tertiary alicyclic amines) is 1. The molecular formula is C33H44F4N4O5S. The second-order valence-electron chi connectivity index (χ2n) is 13.8. The number of carbonyl (C=O) groups is 2. The number of alkyl halides is 4. The van der Waals surface area contributed by atoms with E-state index >= 15 is 0 Å². The molecule has 1 aromatic carbocycles. The van der Waals surface area contributed by atoms with Gasteiger partial charge in [-0.05, 0) is 112 Å². The summed E-state index contributed by atoms with van der Waals surface area (Å²) in [5.41, 5.74) is 0.121. The number of piperidine rings is 2. The van der Waals surface area contributed by atoms with Gasteiger partial charge in [0, 0.05) is 49.5 Å². The van der Waals surface area contributed by atoms with Crippen LogP contribution in [-0.2, 0) is 14.8 Å². The van der Waals surface area contributed by atoms with Gasteiger partial charge >= 0.3 is 6.18 Å². The van der Waals surface area contributed by atoms with Crippen molar-refractivity contribution in [1.82, 2.24) is 14.5 Å². The first-order valence-corrected chi connectivity index (χ1v) is 17.9. The molecule has 3 fully saturated rings. The van der Waals surface area contributed by atoms with Crippen molar-refractivity contribution in [3.05, 3.63) is 39.8 Å². The Labute approximate surface area is 273 Å². The number of amides is 2. The minimum Gasteiger partial charge on any atom is -0.387 e. The molecule has 1 aliphatic carbocycles. The number of benzene rings is 1. The standard InChI is InChI=1S/C33H44F4N4O5S/c1-22-19-26(29(42)40-14-10-31(44,21-34)11-15-40)20-23(2)27(22)8-18-47(45,46)41-16-12-32(13-17-41)30(43)38-28(39-32)25-5-3-24(4-6-25)7-9-33(35,36)37/h8,18-20,24-25,44H,3-7,9-17,21H2,1-2H3,(H,38,39,43). The average Bonchev–Trinajstić information content (AvgIpc) is 3.34. The molecule has 47 heavy (non-hydrogen) atoms. The van der Waals surface area contributed by atoms with E-state index in [9.17, 15) is 40.7 Å². The van der Waals surface area contributed by atoms with Crippen LogP contribution in [0.15, 0.2) is 22.5 Å². The Morgan fingerprint density at radius 2 is 1.64 bits per heavy atom. The minimum atomic E-state index is -4.15. The molecule has 0 aromatic heterocycles. The summed E-state index contributed by atoms with van der Waals surface area (Å²) in [7, 11) is -3.83. The summed E-state index contributed by atoms with van der Waals surface area (Å²) in [6.07, 6.45) is 0.143. The number of aryl methyl sites for hydroxylation is 2. The summed E-state index contributed by atoms with van der Waals surface area (Å²) in [4.78, 5) is 32.5. The van der Waals surface area contributed by atoms with Crippen LogP contribution in [0.5, 0.6) is 0 Å². The SMILES string of the molecule is Cc1cc(C(=O)N2CCC(O)(CF)CC2)cc(C)c1C=CS(=O)(=O)N1CCC2(CC1)N=C(C1CCC(CCC(F)(F)F)CC1)NC2=O. The third kappa shape index (κ3) is 8.07. The Morgan fingerprint density at radius 3 is 2.19 bits per heavy atom. The topological polar surface area (TPSA) is 119 Å². The van der Waals surface area contributed by atoms with Gasteiger partial charge in [-0.15, -0.1) is 0 Å². The van der Waals surface area contributed by atoms with Gasteiger partial charge in [0.1, 0.15) is 18.0 Å². The van der Waals surface area contributed by atoms with Gasteiger partial charge in [-0.25, -0.2) is 12.8 Å². The van der Waals surface area contributed by atoms with E-state index < -0.39 is 40.4 Å². The molecule has 3 heterocycles. The molecule has 0 radical (unpaired) electrons. The first-order valence-electron chi connectivity index (χ1n) is 16.4. The zero-order chi connectivity index (χ0) is 34.2. The van der Waals surface area contributed by atoms with E-state index in [1.807, 2.05) is 0 Å². The van der Waals surface area contributed by atoms with Crippen LogP contribution in [-0.4, -0.2) is 90.5 Å². The van der Waals surface area contributed by atoms with Crippen molar-refractivity contribution in [1.29, 1.82) is 0 Å². The summed E-state index contributed by atoms with van der Waals surface area (Å²) in [6, 6.07) is 3.40. The van der Waals surface area contributed by atoms with Gasteiger partial charge < -0.3 is 15.3 Å². The van der Waals surface area contributed by atoms with Gasteiger partial charge in [0.05, 0.1) is 5.60 Å². The number of amidine groups is 1. The van der Waals surface area contributed by atoms with Crippen LogP contribution < -0.4 is 5.32 Å². The highest BCUT2D eigenvalue weighted by Crippen LogP contribution is 2.38. The Hall–Kier alpha value is -2.84. The van der Waals surface area contributed by atoms with Gasteiger partial charge in [-0.3, -0.25) is 14.6 Å². The highest BCUT2D eigenvalue weighted by atomic mass is 32.2. The molecule has 0 unspecified atom stereocenters. The number of hydrogen-bond donors (Lipinski definition) is 2.